The zero-order valence-corrected chi connectivity index (χ0v) is 9.12. The summed E-state index contributed by atoms with van der Waals surface area (Å²) >= 11 is 0. The average Bonchev–Trinajstić information content (AvgIpc) is 2.65. The summed E-state index contributed by atoms with van der Waals surface area (Å²) in [7, 11) is 0. The minimum absolute atomic E-state index is 0.136. The molecule has 1 aromatic heterocycles. The van der Waals surface area contributed by atoms with Crippen molar-refractivity contribution in [2.45, 2.75) is 44.7 Å². The maximum absolute atomic E-state index is 6.10. The third kappa shape index (κ3) is 1.53. The first kappa shape index (κ1) is 9.21. The molecule has 2 heterocycles. The van der Waals surface area contributed by atoms with Crippen molar-refractivity contribution in [1.82, 2.24) is 9.55 Å². The molecule has 1 saturated carbocycles. The summed E-state index contributed by atoms with van der Waals surface area (Å²) in [5.41, 5.74) is 8.66. The second-order valence-corrected chi connectivity index (χ2v) is 4.79. The van der Waals surface area contributed by atoms with Crippen LogP contribution in [0.1, 0.15) is 30.7 Å². The molecule has 0 atom stereocenters. The van der Waals surface area contributed by atoms with Crippen molar-refractivity contribution in [3.63, 3.8) is 0 Å². The lowest BCUT2D eigenvalue weighted by atomic mass is 10.1. The van der Waals surface area contributed by atoms with Gasteiger partial charge in [0.15, 0.2) is 0 Å². The number of hydrogen-bond acceptors (Lipinski definition) is 3. The molecule has 82 valence electrons. The molecule has 1 aliphatic heterocycles. The Morgan fingerprint density at radius 3 is 3.07 bits per heavy atom. The normalized spacial score (nSPS) is 21.2. The van der Waals surface area contributed by atoms with E-state index in [4.69, 9.17) is 10.5 Å². The van der Waals surface area contributed by atoms with Gasteiger partial charge in [-0.2, -0.15) is 0 Å². The Morgan fingerprint density at radius 1 is 1.53 bits per heavy atom. The quantitative estimate of drug-likeness (QED) is 0.804. The molecule has 0 radical (unpaired) electrons. The number of ether oxygens (including phenoxy) is 1. The van der Waals surface area contributed by atoms with Gasteiger partial charge in [0.25, 0.3) is 6.01 Å². The zero-order chi connectivity index (χ0) is 10.5. The Kier molecular flexibility index (Phi) is 1.83. The summed E-state index contributed by atoms with van der Waals surface area (Å²) in [5.74, 6) is 0. The summed E-state index contributed by atoms with van der Waals surface area (Å²) in [6.07, 6.45) is 4.49. The standard InChI is InChI=1S/C11H17N3O/c1-8-9(2-3-11(12)4-5-11)14-6-7-15-10(14)13-8/h2-7,12H2,1H3. The van der Waals surface area contributed by atoms with Crippen LogP contribution in [0, 0.1) is 6.92 Å². The van der Waals surface area contributed by atoms with Gasteiger partial charge in [-0.05, 0) is 32.6 Å². The predicted molar refractivity (Wildman–Crippen MR) is 56.9 cm³/mol. The van der Waals surface area contributed by atoms with Crippen molar-refractivity contribution in [1.29, 1.82) is 0 Å². The highest BCUT2D eigenvalue weighted by Gasteiger charge is 2.38. The van der Waals surface area contributed by atoms with E-state index in [1.54, 1.807) is 0 Å². The number of imidazole rings is 1. The van der Waals surface area contributed by atoms with Crippen LogP contribution in [0.25, 0.3) is 0 Å². The van der Waals surface area contributed by atoms with Crippen LogP contribution in [-0.4, -0.2) is 21.7 Å². The van der Waals surface area contributed by atoms with Crippen LogP contribution < -0.4 is 10.5 Å². The van der Waals surface area contributed by atoms with Gasteiger partial charge >= 0.3 is 0 Å². The Hall–Kier alpha value is -1.03. The smallest absolute Gasteiger partial charge is 0.296 e. The molecule has 0 amide bonds. The van der Waals surface area contributed by atoms with E-state index in [-0.39, 0.29) is 5.54 Å². The minimum Gasteiger partial charge on any atom is -0.463 e. The first-order valence-electron chi connectivity index (χ1n) is 5.66. The number of rotatable bonds is 3. The molecule has 1 aliphatic carbocycles. The topological polar surface area (TPSA) is 53.1 Å². The lowest BCUT2D eigenvalue weighted by Crippen LogP contribution is -2.22. The van der Waals surface area contributed by atoms with Crippen LogP contribution in [0.15, 0.2) is 0 Å². The average molecular weight is 207 g/mol. The molecule has 2 N–H and O–H groups in total. The van der Waals surface area contributed by atoms with E-state index >= 15 is 0 Å². The van der Waals surface area contributed by atoms with Crippen molar-refractivity contribution < 1.29 is 4.74 Å². The van der Waals surface area contributed by atoms with Gasteiger partial charge in [-0.1, -0.05) is 0 Å². The minimum atomic E-state index is 0.136. The molecule has 0 saturated heterocycles. The van der Waals surface area contributed by atoms with E-state index < -0.39 is 0 Å². The highest BCUT2D eigenvalue weighted by atomic mass is 16.5. The van der Waals surface area contributed by atoms with E-state index in [2.05, 4.69) is 16.5 Å². The van der Waals surface area contributed by atoms with Gasteiger partial charge in [0.05, 0.1) is 12.2 Å². The van der Waals surface area contributed by atoms with Crippen molar-refractivity contribution in [2.75, 3.05) is 6.61 Å². The van der Waals surface area contributed by atoms with E-state index in [1.807, 2.05) is 0 Å². The van der Waals surface area contributed by atoms with Gasteiger partial charge in [0, 0.05) is 11.2 Å². The molecule has 0 aromatic carbocycles. The fourth-order valence-electron chi connectivity index (χ4n) is 2.24. The summed E-state index contributed by atoms with van der Waals surface area (Å²) in [6.45, 7) is 3.77. The second kappa shape index (κ2) is 2.98. The van der Waals surface area contributed by atoms with Crippen molar-refractivity contribution in [3.05, 3.63) is 11.4 Å². The van der Waals surface area contributed by atoms with Gasteiger partial charge in [-0.3, -0.25) is 4.57 Å². The number of hydrogen-bond donors (Lipinski definition) is 1. The van der Waals surface area contributed by atoms with Crippen LogP contribution >= 0.6 is 0 Å². The molecule has 4 nitrogen and oxygen atoms in total. The highest BCUT2D eigenvalue weighted by Crippen LogP contribution is 2.37. The first-order valence-corrected chi connectivity index (χ1v) is 5.66. The number of aromatic nitrogens is 2. The molecule has 0 unspecified atom stereocenters. The third-order valence-electron chi connectivity index (χ3n) is 3.54. The third-order valence-corrected chi connectivity index (χ3v) is 3.54. The Morgan fingerprint density at radius 2 is 2.33 bits per heavy atom. The molecule has 3 rings (SSSR count). The molecule has 1 fully saturated rings. The van der Waals surface area contributed by atoms with Gasteiger partial charge in [-0.25, -0.2) is 4.98 Å². The molecular weight excluding hydrogens is 190 g/mol. The first-order chi connectivity index (χ1) is 7.18. The van der Waals surface area contributed by atoms with Crippen molar-refractivity contribution in [3.8, 4) is 6.01 Å². The van der Waals surface area contributed by atoms with Gasteiger partial charge in [0.1, 0.15) is 6.61 Å². The van der Waals surface area contributed by atoms with Gasteiger partial charge < -0.3 is 10.5 Å². The fraction of sp³-hybridized carbons (Fsp3) is 0.727. The maximum atomic E-state index is 6.10. The monoisotopic (exact) mass is 207 g/mol. The van der Waals surface area contributed by atoms with E-state index in [0.29, 0.717) is 0 Å². The van der Waals surface area contributed by atoms with Crippen LogP contribution in [0.2, 0.25) is 0 Å². The van der Waals surface area contributed by atoms with Crippen LogP contribution in [0.3, 0.4) is 0 Å². The largest absolute Gasteiger partial charge is 0.463 e. The maximum Gasteiger partial charge on any atom is 0.296 e. The molecule has 0 spiro atoms. The van der Waals surface area contributed by atoms with Crippen LogP contribution in [0.5, 0.6) is 6.01 Å². The summed E-state index contributed by atoms with van der Waals surface area (Å²) in [5, 5.41) is 0. The van der Waals surface area contributed by atoms with Crippen LogP contribution in [0.4, 0.5) is 0 Å². The Balaban J connectivity index is 1.78. The summed E-state index contributed by atoms with van der Waals surface area (Å²) in [6, 6.07) is 0.796. The van der Waals surface area contributed by atoms with Gasteiger partial charge in [0.2, 0.25) is 0 Å². The van der Waals surface area contributed by atoms with Crippen molar-refractivity contribution >= 4 is 0 Å². The predicted octanol–water partition coefficient (Wildman–Crippen LogP) is 1.01. The highest BCUT2D eigenvalue weighted by molar-refractivity contribution is 5.22. The number of fused-ring (bicyclic) bond motifs is 1. The number of aryl methyl sites for hydroxylation is 1. The lowest BCUT2D eigenvalue weighted by Gasteiger charge is -2.09. The fourth-order valence-corrected chi connectivity index (χ4v) is 2.24. The molecular formula is C11H17N3O. The van der Waals surface area contributed by atoms with Crippen molar-refractivity contribution in [2.24, 2.45) is 5.73 Å². The van der Waals surface area contributed by atoms with Crippen LogP contribution in [-0.2, 0) is 13.0 Å². The number of nitrogens with two attached hydrogens (primary N) is 1. The molecule has 4 heteroatoms. The summed E-state index contributed by atoms with van der Waals surface area (Å²) < 4.78 is 7.62. The van der Waals surface area contributed by atoms with E-state index in [1.165, 1.54) is 18.5 Å². The van der Waals surface area contributed by atoms with E-state index in [9.17, 15) is 0 Å². The molecule has 0 bridgehead atoms. The molecule has 2 aliphatic rings. The SMILES string of the molecule is Cc1nc2n(c1CCC1(N)CC1)CCO2. The number of nitrogens with zero attached hydrogens (tertiary/aromatic N) is 2. The Labute approximate surface area is 89.4 Å². The van der Waals surface area contributed by atoms with E-state index in [0.717, 1.165) is 37.7 Å². The summed E-state index contributed by atoms with van der Waals surface area (Å²) in [4.78, 5) is 4.41. The second-order valence-electron chi connectivity index (χ2n) is 4.79. The molecule has 15 heavy (non-hydrogen) atoms. The molecule has 1 aromatic rings. The zero-order valence-electron chi connectivity index (χ0n) is 9.12. The lowest BCUT2D eigenvalue weighted by molar-refractivity contribution is 0.344. The van der Waals surface area contributed by atoms with Gasteiger partial charge in [-0.15, -0.1) is 0 Å². The Bertz CT molecular complexity index is 393.